The second-order valence-corrected chi connectivity index (χ2v) is 5.71. The van der Waals surface area contributed by atoms with Gasteiger partial charge in [0.05, 0.1) is 7.11 Å². The summed E-state index contributed by atoms with van der Waals surface area (Å²) < 4.78 is 4.61. The van der Waals surface area contributed by atoms with Gasteiger partial charge in [-0.25, -0.2) is 0 Å². The second kappa shape index (κ2) is 10.9. The number of likely N-dealkylation sites (tertiary alicyclic amines) is 1. The minimum atomic E-state index is -0.150. The van der Waals surface area contributed by atoms with Crippen molar-refractivity contribution in [3.8, 4) is 0 Å². The number of unbranched alkanes of at least 4 members (excludes halogenated alkanes) is 2. The smallest absolute Gasteiger partial charge is 0.305 e. The molecule has 1 heterocycles. The van der Waals surface area contributed by atoms with Crippen LogP contribution in [0.25, 0.3) is 0 Å². The summed E-state index contributed by atoms with van der Waals surface area (Å²) in [5.41, 5.74) is 0. The third-order valence-corrected chi connectivity index (χ3v) is 3.99. The number of nitrogens with zero attached hydrogens (tertiary/aromatic N) is 2. The molecule has 0 radical (unpaired) electrons. The van der Waals surface area contributed by atoms with Crippen molar-refractivity contribution < 1.29 is 14.3 Å². The van der Waals surface area contributed by atoms with Gasteiger partial charge in [-0.05, 0) is 19.3 Å². The summed E-state index contributed by atoms with van der Waals surface area (Å²) in [6.07, 6.45) is 4.78. The number of hydrogen-bond acceptors (Lipinski definition) is 4. The van der Waals surface area contributed by atoms with Gasteiger partial charge >= 0.3 is 5.97 Å². The first kappa shape index (κ1) is 19.3. The third kappa shape index (κ3) is 7.34. The zero-order valence-electron chi connectivity index (χ0n) is 14.6. The van der Waals surface area contributed by atoms with Crippen molar-refractivity contribution in [2.75, 3.05) is 33.8 Å². The van der Waals surface area contributed by atoms with E-state index in [9.17, 15) is 9.59 Å². The standard InChI is InChI=1S/C16H30N4O3/c1-4-14(21)20-11-9-13(12-20)19-16(17-2)18-10-7-5-6-8-15(22)23-3/h13H,4-12H2,1-3H3,(H2,17,18,19). The van der Waals surface area contributed by atoms with Gasteiger partial charge in [-0.3, -0.25) is 14.6 Å². The highest BCUT2D eigenvalue weighted by molar-refractivity contribution is 5.80. The van der Waals surface area contributed by atoms with Gasteiger partial charge in [0.25, 0.3) is 0 Å². The molecule has 132 valence electrons. The number of carbonyl (C=O) groups excluding carboxylic acids is 2. The van der Waals surface area contributed by atoms with Crippen LogP contribution in [-0.4, -0.2) is 62.6 Å². The lowest BCUT2D eigenvalue weighted by Crippen LogP contribution is -2.45. The molecule has 1 unspecified atom stereocenters. The van der Waals surface area contributed by atoms with E-state index >= 15 is 0 Å². The van der Waals surface area contributed by atoms with Crippen LogP contribution in [0.15, 0.2) is 4.99 Å². The summed E-state index contributed by atoms with van der Waals surface area (Å²) in [6.45, 7) is 4.26. The highest BCUT2D eigenvalue weighted by Gasteiger charge is 2.25. The lowest BCUT2D eigenvalue weighted by atomic mass is 10.2. The van der Waals surface area contributed by atoms with Gasteiger partial charge in [0, 0.05) is 45.6 Å². The molecule has 0 aliphatic carbocycles. The van der Waals surface area contributed by atoms with Crippen LogP contribution in [-0.2, 0) is 14.3 Å². The van der Waals surface area contributed by atoms with Crippen molar-refractivity contribution in [1.29, 1.82) is 0 Å². The summed E-state index contributed by atoms with van der Waals surface area (Å²) >= 11 is 0. The highest BCUT2D eigenvalue weighted by Crippen LogP contribution is 2.10. The highest BCUT2D eigenvalue weighted by atomic mass is 16.5. The molecule has 0 aromatic rings. The average molecular weight is 326 g/mol. The molecule has 23 heavy (non-hydrogen) atoms. The molecule has 1 amide bonds. The molecule has 7 nitrogen and oxygen atoms in total. The number of rotatable bonds is 8. The van der Waals surface area contributed by atoms with Crippen molar-refractivity contribution in [3.05, 3.63) is 0 Å². The molecule has 2 N–H and O–H groups in total. The van der Waals surface area contributed by atoms with Crippen LogP contribution in [0.3, 0.4) is 0 Å². The number of methoxy groups -OCH3 is 1. The fourth-order valence-corrected chi connectivity index (χ4v) is 2.60. The van der Waals surface area contributed by atoms with E-state index in [1.807, 2.05) is 11.8 Å². The van der Waals surface area contributed by atoms with E-state index in [0.29, 0.717) is 12.8 Å². The lowest BCUT2D eigenvalue weighted by molar-refractivity contribution is -0.140. The van der Waals surface area contributed by atoms with E-state index in [0.717, 1.165) is 51.3 Å². The Hall–Kier alpha value is -1.79. The first-order chi connectivity index (χ1) is 11.1. The number of nitrogens with one attached hydrogen (secondary N) is 2. The Kier molecular flexibility index (Phi) is 9.09. The zero-order chi connectivity index (χ0) is 17.1. The number of esters is 1. The maximum absolute atomic E-state index is 11.7. The van der Waals surface area contributed by atoms with Crippen molar-refractivity contribution in [1.82, 2.24) is 15.5 Å². The molecule has 0 aromatic carbocycles. The molecule has 0 saturated carbocycles. The Balaban J connectivity index is 2.16. The Morgan fingerprint density at radius 2 is 2.09 bits per heavy atom. The summed E-state index contributed by atoms with van der Waals surface area (Å²) in [5.74, 6) is 0.833. The molecule has 0 bridgehead atoms. The largest absolute Gasteiger partial charge is 0.469 e. The van der Waals surface area contributed by atoms with Crippen LogP contribution >= 0.6 is 0 Å². The van der Waals surface area contributed by atoms with E-state index < -0.39 is 0 Å². The van der Waals surface area contributed by atoms with Gasteiger partial charge in [0.1, 0.15) is 0 Å². The van der Waals surface area contributed by atoms with Crippen LogP contribution < -0.4 is 10.6 Å². The summed E-state index contributed by atoms with van der Waals surface area (Å²) in [6, 6.07) is 0.260. The number of aliphatic imine (C=N–C) groups is 1. The Morgan fingerprint density at radius 1 is 1.30 bits per heavy atom. The van der Waals surface area contributed by atoms with Crippen LogP contribution in [0, 0.1) is 0 Å². The van der Waals surface area contributed by atoms with Gasteiger partial charge in [-0.2, -0.15) is 0 Å². The molecule has 1 fully saturated rings. The van der Waals surface area contributed by atoms with E-state index in [4.69, 9.17) is 0 Å². The summed E-state index contributed by atoms with van der Waals surface area (Å²) in [5, 5.41) is 6.64. The van der Waals surface area contributed by atoms with E-state index in [2.05, 4.69) is 20.4 Å². The van der Waals surface area contributed by atoms with Crippen LogP contribution in [0.1, 0.15) is 45.4 Å². The molecule has 1 aliphatic heterocycles. The third-order valence-electron chi connectivity index (χ3n) is 3.99. The second-order valence-electron chi connectivity index (χ2n) is 5.71. The molecule has 0 aromatic heterocycles. The monoisotopic (exact) mass is 326 g/mol. The predicted molar refractivity (Wildman–Crippen MR) is 90.3 cm³/mol. The van der Waals surface area contributed by atoms with Crippen LogP contribution in [0.2, 0.25) is 0 Å². The van der Waals surface area contributed by atoms with Gasteiger partial charge in [-0.1, -0.05) is 13.3 Å². The summed E-state index contributed by atoms with van der Waals surface area (Å²) in [4.78, 5) is 28.8. The molecule has 1 atom stereocenters. The first-order valence-electron chi connectivity index (χ1n) is 8.42. The van der Waals surface area contributed by atoms with E-state index in [-0.39, 0.29) is 17.9 Å². The molecule has 0 spiro atoms. The SMILES string of the molecule is CCC(=O)N1CCC(NC(=NC)NCCCCCC(=O)OC)C1. The molecule has 1 aliphatic rings. The van der Waals surface area contributed by atoms with Gasteiger partial charge in [-0.15, -0.1) is 0 Å². The normalized spacial score (nSPS) is 18.0. The predicted octanol–water partition coefficient (Wildman–Crippen LogP) is 0.896. The molecule has 7 heteroatoms. The Morgan fingerprint density at radius 3 is 2.74 bits per heavy atom. The van der Waals surface area contributed by atoms with Crippen molar-refractivity contribution in [2.24, 2.45) is 4.99 Å². The van der Waals surface area contributed by atoms with Crippen molar-refractivity contribution in [3.63, 3.8) is 0 Å². The minimum absolute atomic E-state index is 0.150. The molecule has 1 saturated heterocycles. The Bertz CT molecular complexity index is 412. The van der Waals surface area contributed by atoms with Gasteiger partial charge in [0.15, 0.2) is 5.96 Å². The first-order valence-corrected chi connectivity index (χ1v) is 8.42. The molecular weight excluding hydrogens is 296 g/mol. The maximum Gasteiger partial charge on any atom is 0.305 e. The fraction of sp³-hybridized carbons (Fsp3) is 0.812. The summed E-state index contributed by atoms with van der Waals surface area (Å²) in [7, 11) is 3.16. The van der Waals surface area contributed by atoms with Gasteiger partial charge < -0.3 is 20.3 Å². The zero-order valence-corrected chi connectivity index (χ0v) is 14.6. The molecular formula is C16H30N4O3. The number of guanidine groups is 1. The molecule has 1 rings (SSSR count). The van der Waals surface area contributed by atoms with E-state index in [1.54, 1.807) is 7.05 Å². The maximum atomic E-state index is 11.7. The van der Waals surface area contributed by atoms with Gasteiger partial charge in [0.2, 0.25) is 5.91 Å². The number of carbonyl (C=O) groups is 2. The number of ether oxygens (including phenoxy) is 1. The van der Waals surface area contributed by atoms with Crippen molar-refractivity contribution in [2.45, 2.75) is 51.5 Å². The van der Waals surface area contributed by atoms with Crippen molar-refractivity contribution >= 4 is 17.8 Å². The number of hydrogen-bond donors (Lipinski definition) is 2. The van der Waals surface area contributed by atoms with Crippen LogP contribution in [0.4, 0.5) is 0 Å². The minimum Gasteiger partial charge on any atom is -0.469 e. The topological polar surface area (TPSA) is 83.0 Å². The Labute approximate surface area is 138 Å². The van der Waals surface area contributed by atoms with Crippen LogP contribution in [0.5, 0.6) is 0 Å². The number of amides is 1. The quantitative estimate of drug-likeness (QED) is 0.300. The lowest BCUT2D eigenvalue weighted by Gasteiger charge is -2.18. The van der Waals surface area contributed by atoms with E-state index in [1.165, 1.54) is 7.11 Å². The fourth-order valence-electron chi connectivity index (χ4n) is 2.60. The average Bonchev–Trinajstić information content (AvgIpc) is 3.04.